The Kier molecular flexibility index (Phi) is 4.80. The molecular weight excluding hydrogens is 268 g/mol. The minimum atomic E-state index is -0.962. The SMILES string of the molecule is CC(C)(NC(=O)Nc1ccccc1)C(=O)NCC1CNC1. The fourth-order valence-electron chi connectivity index (χ4n) is 1.98. The van der Waals surface area contributed by atoms with Crippen LogP contribution in [-0.2, 0) is 4.79 Å². The quantitative estimate of drug-likeness (QED) is 0.651. The van der Waals surface area contributed by atoms with E-state index in [0.29, 0.717) is 18.2 Å². The molecular formula is C15H22N4O2. The van der Waals surface area contributed by atoms with Crippen molar-refractivity contribution in [2.75, 3.05) is 25.0 Å². The minimum absolute atomic E-state index is 0.183. The van der Waals surface area contributed by atoms with E-state index >= 15 is 0 Å². The number of amides is 3. The number of benzene rings is 1. The lowest BCUT2D eigenvalue weighted by Crippen LogP contribution is -2.58. The van der Waals surface area contributed by atoms with Gasteiger partial charge in [-0.25, -0.2) is 4.79 Å². The van der Waals surface area contributed by atoms with Crippen molar-refractivity contribution in [2.24, 2.45) is 5.92 Å². The molecule has 3 amide bonds. The second kappa shape index (κ2) is 6.58. The zero-order valence-electron chi connectivity index (χ0n) is 12.4. The molecule has 0 atom stereocenters. The molecule has 1 aromatic carbocycles. The summed E-state index contributed by atoms with van der Waals surface area (Å²) in [6.45, 7) is 5.88. The Balaban J connectivity index is 1.80. The van der Waals surface area contributed by atoms with E-state index in [1.54, 1.807) is 26.0 Å². The van der Waals surface area contributed by atoms with E-state index in [0.717, 1.165) is 13.1 Å². The molecule has 1 aliphatic heterocycles. The molecule has 4 N–H and O–H groups in total. The molecule has 0 unspecified atom stereocenters. The van der Waals surface area contributed by atoms with Gasteiger partial charge in [0.15, 0.2) is 0 Å². The van der Waals surface area contributed by atoms with Gasteiger partial charge in [0.2, 0.25) is 5.91 Å². The molecule has 6 heteroatoms. The number of urea groups is 1. The largest absolute Gasteiger partial charge is 0.354 e. The average molecular weight is 290 g/mol. The van der Waals surface area contributed by atoms with Crippen molar-refractivity contribution in [1.82, 2.24) is 16.0 Å². The number of nitrogens with one attached hydrogen (secondary N) is 4. The van der Waals surface area contributed by atoms with Crippen LogP contribution in [-0.4, -0.2) is 37.1 Å². The first-order valence-electron chi connectivity index (χ1n) is 7.10. The molecule has 114 valence electrons. The second-order valence-electron chi connectivity index (χ2n) is 5.80. The highest BCUT2D eigenvalue weighted by molar-refractivity contribution is 5.95. The zero-order valence-corrected chi connectivity index (χ0v) is 12.4. The lowest BCUT2D eigenvalue weighted by molar-refractivity contribution is -0.126. The molecule has 0 spiro atoms. The molecule has 1 aliphatic rings. The van der Waals surface area contributed by atoms with Gasteiger partial charge in [0.05, 0.1) is 0 Å². The number of para-hydroxylation sites is 1. The summed E-state index contributed by atoms with van der Waals surface area (Å²) < 4.78 is 0. The van der Waals surface area contributed by atoms with E-state index in [1.807, 2.05) is 18.2 Å². The summed E-state index contributed by atoms with van der Waals surface area (Å²) in [5, 5.41) is 11.4. The van der Waals surface area contributed by atoms with Crippen LogP contribution in [0.1, 0.15) is 13.8 Å². The number of carbonyl (C=O) groups excluding carboxylic acids is 2. The molecule has 0 aliphatic carbocycles. The normalized spacial score (nSPS) is 15.0. The predicted molar refractivity (Wildman–Crippen MR) is 82.0 cm³/mol. The molecule has 1 fully saturated rings. The second-order valence-corrected chi connectivity index (χ2v) is 5.80. The molecule has 1 heterocycles. The van der Waals surface area contributed by atoms with Crippen molar-refractivity contribution in [3.63, 3.8) is 0 Å². The van der Waals surface area contributed by atoms with Crippen LogP contribution in [0.3, 0.4) is 0 Å². The number of rotatable bonds is 5. The smallest absolute Gasteiger partial charge is 0.320 e. The van der Waals surface area contributed by atoms with Gasteiger partial charge in [-0.2, -0.15) is 0 Å². The summed E-state index contributed by atoms with van der Waals surface area (Å²) in [6.07, 6.45) is 0. The van der Waals surface area contributed by atoms with Crippen LogP contribution in [0.25, 0.3) is 0 Å². The standard InChI is InChI=1S/C15H22N4O2/c1-15(2,13(20)17-10-11-8-16-9-11)19-14(21)18-12-6-4-3-5-7-12/h3-7,11,16H,8-10H2,1-2H3,(H,17,20)(H2,18,19,21). The Labute approximate surface area is 124 Å². The lowest BCUT2D eigenvalue weighted by atomic mass is 10.0. The highest BCUT2D eigenvalue weighted by Gasteiger charge is 2.30. The Hall–Kier alpha value is -2.08. The van der Waals surface area contributed by atoms with Gasteiger partial charge in [-0.15, -0.1) is 0 Å². The molecule has 1 saturated heterocycles. The van der Waals surface area contributed by atoms with Gasteiger partial charge in [-0.05, 0) is 26.0 Å². The van der Waals surface area contributed by atoms with Gasteiger partial charge in [-0.1, -0.05) is 18.2 Å². The average Bonchev–Trinajstić information content (AvgIpc) is 2.37. The van der Waals surface area contributed by atoms with Gasteiger partial charge < -0.3 is 21.3 Å². The summed E-state index contributed by atoms with van der Waals surface area (Å²) in [5.74, 6) is 0.306. The third kappa shape index (κ3) is 4.46. The van der Waals surface area contributed by atoms with E-state index in [-0.39, 0.29) is 5.91 Å². The van der Waals surface area contributed by atoms with E-state index in [1.165, 1.54) is 0 Å². The molecule has 1 aromatic rings. The topological polar surface area (TPSA) is 82.3 Å². The van der Waals surface area contributed by atoms with Crippen LogP contribution in [0.15, 0.2) is 30.3 Å². The Morgan fingerprint density at radius 1 is 1.24 bits per heavy atom. The van der Waals surface area contributed by atoms with E-state index in [2.05, 4.69) is 21.3 Å². The van der Waals surface area contributed by atoms with Gasteiger partial charge in [0.25, 0.3) is 0 Å². The van der Waals surface area contributed by atoms with Crippen LogP contribution >= 0.6 is 0 Å². The van der Waals surface area contributed by atoms with Crippen LogP contribution < -0.4 is 21.3 Å². The van der Waals surface area contributed by atoms with Crippen LogP contribution in [0, 0.1) is 5.92 Å². The van der Waals surface area contributed by atoms with Crippen LogP contribution in [0.2, 0.25) is 0 Å². The van der Waals surface area contributed by atoms with Gasteiger partial charge in [-0.3, -0.25) is 4.79 Å². The number of carbonyl (C=O) groups is 2. The highest BCUT2D eigenvalue weighted by Crippen LogP contribution is 2.08. The third-order valence-electron chi connectivity index (χ3n) is 3.44. The van der Waals surface area contributed by atoms with Crippen molar-refractivity contribution in [1.29, 1.82) is 0 Å². The monoisotopic (exact) mass is 290 g/mol. The minimum Gasteiger partial charge on any atom is -0.354 e. The maximum atomic E-state index is 12.1. The van der Waals surface area contributed by atoms with Crippen molar-refractivity contribution >= 4 is 17.6 Å². The van der Waals surface area contributed by atoms with Crippen molar-refractivity contribution in [2.45, 2.75) is 19.4 Å². The number of anilines is 1. The molecule has 0 radical (unpaired) electrons. The summed E-state index contributed by atoms with van der Waals surface area (Å²) >= 11 is 0. The first kappa shape index (κ1) is 15.3. The summed E-state index contributed by atoms with van der Waals surface area (Å²) in [5.41, 5.74) is -0.275. The Morgan fingerprint density at radius 2 is 1.90 bits per heavy atom. The van der Waals surface area contributed by atoms with Gasteiger partial charge >= 0.3 is 6.03 Å². The van der Waals surface area contributed by atoms with Crippen LogP contribution in [0.4, 0.5) is 10.5 Å². The summed E-state index contributed by atoms with van der Waals surface area (Å²) in [4.78, 5) is 24.0. The maximum absolute atomic E-state index is 12.1. The molecule has 2 rings (SSSR count). The van der Waals surface area contributed by atoms with Crippen LogP contribution in [0.5, 0.6) is 0 Å². The van der Waals surface area contributed by atoms with E-state index in [4.69, 9.17) is 0 Å². The molecule has 21 heavy (non-hydrogen) atoms. The first-order valence-corrected chi connectivity index (χ1v) is 7.10. The molecule has 0 aromatic heterocycles. The van der Waals surface area contributed by atoms with Crippen molar-refractivity contribution in [3.05, 3.63) is 30.3 Å². The van der Waals surface area contributed by atoms with Crippen molar-refractivity contribution < 1.29 is 9.59 Å². The predicted octanol–water partition coefficient (Wildman–Crippen LogP) is 0.922. The van der Waals surface area contributed by atoms with Gasteiger partial charge in [0.1, 0.15) is 5.54 Å². The number of hydrogen-bond donors (Lipinski definition) is 4. The first-order chi connectivity index (χ1) is 9.97. The fourth-order valence-corrected chi connectivity index (χ4v) is 1.98. The van der Waals surface area contributed by atoms with Gasteiger partial charge in [0, 0.05) is 31.2 Å². The maximum Gasteiger partial charge on any atom is 0.320 e. The highest BCUT2D eigenvalue weighted by atomic mass is 16.2. The van der Waals surface area contributed by atoms with Crippen molar-refractivity contribution in [3.8, 4) is 0 Å². The third-order valence-corrected chi connectivity index (χ3v) is 3.44. The zero-order chi connectivity index (χ0) is 15.3. The Bertz CT molecular complexity index is 498. The summed E-state index contributed by atoms with van der Waals surface area (Å²) in [6, 6.07) is 8.72. The molecule has 0 bridgehead atoms. The molecule has 6 nitrogen and oxygen atoms in total. The fraction of sp³-hybridized carbons (Fsp3) is 0.467. The van der Waals surface area contributed by atoms with E-state index < -0.39 is 11.6 Å². The van der Waals surface area contributed by atoms with E-state index in [9.17, 15) is 9.59 Å². The molecule has 0 saturated carbocycles. The lowest BCUT2D eigenvalue weighted by Gasteiger charge is -2.30. The summed E-state index contributed by atoms with van der Waals surface area (Å²) in [7, 11) is 0. The Morgan fingerprint density at radius 3 is 2.48 bits per heavy atom. The number of hydrogen-bond acceptors (Lipinski definition) is 3.